The van der Waals surface area contributed by atoms with Crippen molar-refractivity contribution >= 4 is 28.3 Å². The van der Waals surface area contributed by atoms with Crippen molar-refractivity contribution in [2.75, 3.05) is 12.4 Å². The number of aromatic nitrogens is 3. The highest BCUT2D eigenvalue weighted by Gasteiger charge is 2.08. The van der Waals surface area contributed by atoms with Gasteiger partial charge in [0.1, 0.15) is 5.75 Å². The van der Waals surface area contributed by atoms with Gasteiger partial charge in [-0.05, 0) is 23.8 Å². The van der Waals surface area contributed by atoms with Crippen molar-refractivity contribution in [2.45, 2.75) is 13.0 Å². The van der Waals surface area contributed by atoms with Crippen LogP contribution in [0.2, 0.25) is 0 Å². The van der Waals surface area contributed by atoms with E-state index in [0.717, 1.165) is 11.3 Å². The van der Waals surface area contributed by atoms with Crippen LogP contribution in [0.25, 0.3) is 0 Å². The standard InChI is InChI=1S/C17H17N5O2S/c1-24-14-5-3-12(4-6-14)10-20-15(23)9-13-11-25-17(21-13)22-16-18-7-2-8-19-16/h2-8,11H,9-10H2,1H3,(H,20,23)(H,18,19,21,22). The molecule has 0 bridgehead atoms. The van der Waals surface area contributed by atoms with Crippen molar-refractivity contribution in [1.29, 1.82) is 0 Å². The van der Waals surface area contributed by atoms with Crippen molar-refractivity contribution in [2.24, 2.45) is 0 Å². The van der Waals surface area contributed by atoms with Crippen LogP contribution < -0.4 is 15.4 Å². The minimum atomic E-state index is -0.0800. The highest BCUT2D eigenvalue weighted by Crippen LogP contribution is 2.18. The highest BCUT2D eigenvalue weighted by atomic mass is 32.1. The van der Waals surface area contributed by atoms with Gasteiger partial charge in [0.15, 0.2) is 5.13 Å². The lowest BCUT2D eigenvalue weighted by Gasteiger charge is -2.05. The van der Waals surface area contributed by atoms with Crippen molar-refractivity contribution in [3.05, 3.63) is 59.4 Å². The molecule has 0 spiro atoms. The molecule has 3 aromatic rings. The quantitative estimate of drug-likeness (QED) is 0.677. The van der Waals surface area contributed by atoms with Crippen LogP contribution in [-0.4, -0.2) is 28.0 Å². The molecule has 3 rings (SSSR count). The highest BCUT2D eigenvalue weighted by molar-refractivity contribution is 7.13. The van der Waals surface area contributed by atoms with Gasteiger partial charge in [0.2, 0.25) is 11.9 Å². The molecule has 0 saturated heterocycles. The first-order chi connectivity index (χ1) is 12.2. The van der Waals surface area contributed by atoms with E-state index in [1.54, 1.807) is 25.6 Å². The molecule has 1 amide bonds. The average molecular weight is 355 g/mol. The zero-order valence-corrected chi connectivity index (χ0v) is 14.4. The molecule has 0 aliphatic heterocycles. The molecule has 2 aromatic heterocycles. The minimum absolute atomic E-state index is 0.0800. The summed E-state index contributed by atoms with van der Waals surface area (Å²) in [7, 11) is 1.62. The van der Waals surface area contributed by atoms with E-state index in [-0.39, 0.29) is 12.3 Å². The third-order valence-corrected chi connectivity index (χ3v) is 4.13. The number of hydrogen-bond acceptors (Lipinski definition) is 7. The Kier molecular flexibility index (Phi) is 5.53. The number of benzene rings is 1. The summed E-state index contributed by atoms with van der Waals surface area (Å²) in [6.07, 6.45) is 3.52. The normalized spacial score (nSPS) is 10.3. The van der Waals surface area contributed by atoms with Crippen LogP contribution in [0.15, 0.2) is 48.1 Å². The zero-order valence-electron chi connectivity index (χ0n) is 13.6. The zero-order chi connectivity index (χ0) is 17.5. The number of carbonyl (C=O) groups excluding carboxylic acids is 1. The van der Waals surface area contributed by atoms with Gasteiger partial charge in [-0.3, -0.25) is 4.79 Å². The first kappa shape index (κ1) is 16.8. The summed E-state index contributed by atoms with van der Waals surface area (Å²) in [6.45, 7) is 0.468. The molecular formula is C17H17N5O2S. The summed E-state index contributed by atoms with van der Waals surface area (Å²) in [6, 6.07) is 9.32. The number of anilines is 2. The number of hydrogen-bond donors (Lipinski definition) is 2. The van der Waals surface area contributed by atoms with Crippen LogP contribution in [0.1, 0.15) is 11.3 Å². The molecule has 0 atom stereocenters. The first-order valence-corrected chi connectivity index (χ1v) is 8.49. The Morgan fingerprint density at radius 1 is 1.20 bits per heavy atom. The fraction of sp³-hybridized carbons (Fsp3) is 0.176. The maximum Gasteiger partial charge on any atom is 0.228 e. The van der Waals surface area contributed by atoms with Crippen molar-refractivity contribution in [3.8, 4) is 5.75 Å². The molecule has 25 heavy (non-hydrogen) atoms. The molecule has 0 radical (unpaired) electrons. The Hall–Kier alpha value is -3.00. The minimum Gasteiger partial charge on any atom is -0.497 e. The second-order valence-corrected chi connectivity index (χ2v) is 6.00. The van der Waals surface area contributed by atoms with Crippen LogP contribution in [0.4, 0.5) is 11.1 Å². The molecule has 0 fully saturated rings. The smallest absolute Gasteiger partial charge is 0.228 e. The average Bonchev–Trinajstić information content (AvgIpc) is 3.08. The topological polar surface area (TPSA) is 89.0 Å². The van der Waals surface area contributed by atoms with Gasteiger partial charge in [0.25, 0.3) is 0 Å². The van der Waals surface area contributed by atoms with Crippen LogP contribution >= 0.6 is 11.3 Å². The summed E-state index contributed by atoms with van der Waals surface area (Å²) in [5, 5.41) is 8.39. The molecule has 0 aliphatic carbocycles. The summed E-state index contributed by atoms with van der Waals surface area (Å²) in [4.78, 5) is 24.6. The lowest BCUT2D eigenvalue weighted by Crippen LogP contribution is -2.24. The largest absolute Gasteiger partial charge is 0.497 e. The Morgan fingerprint density at radius 3 is 2.68 bits per heavy atom. The summed E-state index contributed by atoms with van der Waals surface area (Å²) in [5.74, 6) is 1.19. The summed E-state index contributed by atoms with van der Waals surface area (Å²) in [5.41, 5.74) is 1.71. The fourth-order valence-electron chi connectivity index (χ4n) is 2.08. The van der Waals surface area contributed by atoms with Gasteiger partial charge in [-0.25, -0.2) is 15.0 Å². The third kappa shape index (κ3) is 4.98. The van der Waals surface area contributed by atoms with E-state index in [1.807, 2.05) is 29.6 Å². The predicted octanol–water partition coefficient (Wildman–Crippen LogP) is 2.54. The Balaban J connectivity index is 1.49. The Bertz CT molecular complexity index is 821. The molecule has 1 aromatic carbocycles. The SMILES string of the molecule is COc1ccc(CNC(=O)Cc2csc(Nc3ncccn3)n2)cc1. The second kappa shape index (κ2) is 8.20. The molecule has 2 heterocycles. The van der Waals surface area contributed by atoms with Gasteiger partial charge < -0.3 is 15.4 Å². The van der Waals surface area contributed by atoms with Crippen LogP contribution in [0.5, 0.6) is 5.75 Å². The molecule has 0 aliphatic rings. The van der Waals surface area contributed by atoms with E-state index in [1.165, 1.54) is 11.3 Å². The number of thiazole rings is 1. The van der Waals surface area contributed by atoms with E-state index in [2.05, 4.69) is 25.6 Å². The Morgan fingerprint density at radius 2 is 1.96 bits per heavy atom. The molecule has 2 N–H and O–H groups in total. The van der Waals surface area contributed by atoms with Crippen molar-refractivity contribution in [1.82, 2.24) is 20.3 Å². The van der Waals surface area contributed by atoms with Gasteiger partial charge in [0.05, 0.1) is 19.2 Å². The lowest BCUT2D eigenvalue weighted by molar-refractivity contribution is -0.120. The number of rotatable bonds is 7. The van der Waals surface area contributed by atoms with Crippen molar-refractivity contribution < 1.29 is 9.53 Å². The first-order valence-electron chi connectivity index (χ1n) is 7.61. The van der Waals surface area contributed by atoms with Crippen LogP contribution in [0, 0.1) is 0 Å². The van der Waals surface area contributed by atoms with Gasteiger partial charge >= 0.3 is 0 Å². The molecule has 7 nitrogen and oxygen atoms in total. The van der Waals surface area contributed by atoms with E-state index < -0.39 is 0 Å². The van der Waals surface area contributed by atoms with E-state index >= 15 is 0 Å². The predicted molar refractivity (Wildman–Crippen MR) is 96.0 cm³/mol. The van der Waals surface area contributed by atoms with Gasteiger partial charge in [0, 0.05) is 24.3 Å². The maximum atomic E-state index is 12.1. The Labute approximate surface area is 149 Å². The van der Waals surface area contributed by atoms with Crippen LogP contribution in [0.3, 0.4) is 0 Å². The van der Waals surface area contributed by atoms with Crippen molar-refractivity contribution in [3.63, 3.8) is 0 Å². The molecule has 0 saturated carbocycles. The molecule has 128 valence electrons. The number of methoxy groups -OCH3 is 1. The fourth-order valence-corrected chi connectivity index (χ4v) is 2.78. The number of ether oxygens (including phenoxy) is 1. The van der Waals surface area contributed by atoms with Gasteiger partial charge in [-0.2, -0.15) is 0 Å². The lowest BCUT2D eigenvalue weighted by atomic mass is 10.2. The number of carbonyl (C=O) groups is 1. The second-order valence-electron chi connectivity index (χ2n) is 5.14. The number of nitrogens with zero attached hydrogens (tertiary/aromatic N) is 3. The van der Waals surface area contributed by atoms with Gasteiger partial charge in [-0.15, -0.1) is 11.3 Å². The molecular weight excluding hydrogens is 338 g/mol. The number of nitrogens with one attached hydrogen (secondary N) is 2. The van der Waals surface area contributed by atoms with E-state index in [0.29, 0.717) is 23.3 Å². The monoisotopic (exact) mass is 355 g/mol. The maximum absolute atomic E-state index is 12.1. The summed E-state index contributed by atoms with van der Waals surface area (Å²) < 4.78 is 5.11. The third-order valence-electron chi connectivity index (χ3n) is 3.33. The number of amides is 1. The van der Waals surface area contributed by atoms with E-state index in [4.69, 9.17) is 4.74 Å². The molecule has 8 heteroatoms. The van der Waals surface area contributed by atoms with E-state index in [9.17, 15) is 4.79 Å². The van der Waals surface area contributed by atoms with Crippen LogP contribution in [-0.2, 0) is 17.8 Å². The van der Waals surface area contributed by atoms with Gasteiger partial charge in [-0.1, -0.05) is 12.1 Å². The molecule has 0 unspecified atom stereocenters. The summed E-state index contributed by atoms with van der Waals surface area (Å²) >= 11 is 1.41.